The number of hydrogen-bond donors (Lipinski definition) is 1. The van der Waals surface area contributed by atoms with Crippen LogP contribution in [0.15, 0.2) is 34.7 Å². The second-order valence-electron chi connectivity index (χ2n) is 2.50. The van der Waals surface area contributed by atoms with E-state index in [4.69, 9.17) is 17.3 Å². The number of benzene rings is 1. The molecule has 0 amide bonds. The molecule has 0 fully saturated rings. The molecule has 0 unspecified atom stereocenters. The maximum Gasteiger partial charge on any atom is 0.138 e. The molecule has 0 aromatic heterocycles. The lowest BCUT2D eigenvalue weighted by molar-refractivity contribution is 0.603. The normalized spacial score (nSPS) is 10.0. The summed E-state index contributed by atoms with van der Waals surface area (Å²) in [6.07, 6.45) is 0. The minimum absolute atomic E-state index is 0.317. The van der Waals surface area contributed by atoms with Crippen molar-refractivity contribution >= 4 is 29.1 Å². The molecule has 0 aliphatic rings. The highest BCUT2D eigenvalue weighted by molar-refractivity contribution is 7.99. The van der Waals surface area contributed by atoms with Gasteiger partial charge >= 0.3 is 0 Å². The van der Waals surface area contributed by atoms with Gasteiger partial charge in [-0.3, -0.25) is 0 Å². The van der Waals surface area contributed by atoms with Gasteiger partial charge in [0.15, 0.2) is 0 Å². The molecular formula is C9H9ClFNS. The predicted octanol–water partition coefficient (Wildman–Crippen LogP) is 3.25. The Labute approximate surface area is 85.8 Å². The zero-order chi connectivity index (χ0) is 9.84. The van der Waals surface area contributed by atoms with Crippen LogP contribution in [0, 0.1) is 5.82 Å². The minimum Gasteiger partial charge on any atom is -0.399 e. The molecule has 0 spiro atoms. The van der Waals surface area contributed by atoms with E-state index in [9.17, 15) is 4.39 Å². The van der Waals surface area contributed by atoms with Crippen LogP contribution in [-0.2, 0) is 0 Å². The summed E-state index contributed by atoms with van der Waals surface area (Å²) in [5.41, 5.74) is 5.81. The van der Waals surface area contributed by atoms with Gasteiger partial charge in [0.05, 0.1) is 0 Å². The van der Waals surface area contributed by atoms with Crippen LogP contribution in [0.4, 0.5) is 10.1 Å². The van der Waals surface area contributed by atoms with Crippen LogP contribution >= 0.6 is 23.4 Å². The Morgan fingerprint density at radius 3 is 2.85 bits per heavy atom. The highest BCUT2D eigenvalue weighted by Crippen LogP contribution is 2.25. The Kier molecular flexibility index (Phi) is 3.63. The molecule has 0 aliphatic heterocycles. The monoisotopic (exact) mass is 217 g/mol. The van der Waals surface area contributed by atoms with Crippen molar-refractivity contribution < 1.29 is 4.39 Å². The van der Waals surface area contributed by atoms with Crippen LogP contribution in [0.25, 0.3) is 0 Å². The van der Waals surface area contributed by atoms with Crippen molar-refractivity contribution in [2.24, 2.45) is 0 Å². The molecule has 0 heterocycles. The molecule has 0 bridgehead atoms. The molecule has 0 radical (unpaired) electrons. The van der Waals surface area contributed by atoms with Crippen LogP contribution < -0.4 is 5.73 Å². The van der Waals surface area contributed by atoms with Gasteiger partial charge in [-0.2, -0.15) is 0 Å². The lowest BCUT2D eigenvalue weighted by Gasteiger charge is -2.02. The van der Waals surface area contributed by atoms with Gasteiger partial charge in [-0.15, -0.1) is 11.8 Å². The molecule has 1 aromatic carbocycles. The number of thioether (sulfide) groups is 1. The van der Waals surface area contributed by atoms with Crippen LogP contribution in [0.2, 0.25) is 0 Å². The molecule has 0 aliphatic carbocycles. The Hall–Kier alpha value is -0.670. The summed E-state index contributed by atoms with van der Waals surface area (Å²) in [4.78, 5) is 0.538. The fourth-order valence-corrected chi connectivity index (χ4v) is 1.63. The van der Waals surface area contributed by atoms with Gasteiger partial charge in [0, 0.05) is 21.4 Å². The van der Waals surface area contributed by atoms with Gasteiger partial charge in [-0.1, -0.05) is 18.2 Å². The van der Waals surface area contributed by atoms with Gasteiger partial charge in [0.25, 0.3) is 0 Å². The van der Waals surface area contributed by atoms with E-state index < -0.39 is 0 Å². The molecule has 4 heteroatoms. The van der Waals surface area contributed by atoms with Crippen LogP contribution in [0.1, 0.15) is 0 Å². The molecule has 2 N–H and O–H groups in total. The Balaban J connectivity index is 2.72. The Morgan fingerprint density at radius 2 is 2.31 bits per heavy atom. The number of nitrogens with two attached hydrogens (primary N) is 1. The van der Waals surface area contributed by atoms with Crippen LogP contribution in [0.5, 0.6) is 0 Å². The number of halogens is 2. The van der Waals surface area contributed by atoms with E-state index in [1.165, 1.54) is 17.8 Å². The van der Waals surface area contributed by atoms with E-state index in [1.54, 1.807) is 12.1 Å². The average Bonchev–Trinajstić information content (AvgIpc) is 2.02. The summed E-state index contributed by atoms with van der Waals surface area (Å²) in [7, 11) is 0. The first-order valence-electron chi connectivity index (χ1n) is 3.60. The first-order valence-corrected chi connectivity index (χ1v) is 4.97. The van der Waals surface area contributed by atoms with E-state index in [-0.39, 0.29) is 5.82 Å². The SMILES string of the molecule is C=C(Cl)CSc1ccc(N)cc1F. The summed E-state index contributed by atoms with van der Waals surface area (Å²) in [6.45, 7) is 3.51. The molecule has 0 saturated carbocycles. The third-order valence-corrected chi connectivity index (χ3v) is 2.77. The topological polar surface area (TPSA) is 26.0 Å². The lowest BCUT2D eigenvalue weighted by atomic mass is 10.3. The second kappa shape index (κ2) is 4.53. The van der Waals surface area contributed by atoms with Crippen molar-refractivity contribution in [1.29, 1.82) is 0 Å². The van der Waals surface area contributed by atoms with Crippen molar-refractivity contribution in [3.05, 3.63) is 35.6 Å². The molecule has 1 aromatic rings. The van der Waals surface area contributed by atoms with E-state index in [0.717, 1.165) is 0 Å². The molecular weight excluding hydrogens is 209 g/mol. The third-order valence-electron chi connectivity index (χ3n) is 1.34. The summed E-state index contributed by atoms with van der Waals surface area (Å²) < 4.78 is 13.1. The van der Waals surface area contributed by atoms with Crippen molar-refractivity contribution in [2.75, 3.05) is 11.5 Å². The number of rotatable bonds is 3. The van der Waals surface area contributed by atoms with Gasteiger partial charge in [0.2, 0.25) is 0 Å². The second-order valence-corrected chi connectivity index (χ2v) is 4.05. The highest BCUT2D eigenvalue weighted by Gasteiger charge is 2.02. The van der Waals surface area contributed by atoms with Gasteiger partial charge < -0.3 is 5.73 Å². The summed E-state index contributed by atoms with van der Waals surface area (Å²) in [6, 6.07) is 4.58. The predicted molar refractivity (Wildman–Crippen MR) is 56.5 cm³/mol. The number of anilines is 1. The van der Waals surface area contributed by atoms with E-state index in [1.807, 2.05) is 0 Å². The summed E-state index contributed by atoms with van der Waals surface area (Å²) in [5, 5.41) is 0.501. The average molecular weight is 218 g/mol. The smallest absolute Gasteiger partial charge is 0.138 e. The Morgan fingerprint density at radius 1 is 1.62 bits per heavy atom. The fourth-order valence-electron chi connectivity index (χ4n) is 0.790. The largest absolute Gasteiger partial charge is 0.399 e. The zero-order valence-corrected chi connectivity index (χ0v) is 8.46. The minimum atomic E-state index is -0.317. The molecule has 13 heavy (non-hydrogen) atoms. The van der Waals surface area contributed by atoms with Gasteiger partial charge in [-0.05, 0) is 18.2 Å². The van der Waals surface area contributed by atoms with Crippen molar-refractivity contribution in [3.8, 4) is 0 Å². The van der Waals surface area contributed by atoms with Crippen molar-refractivity contribution in [3.63, 3.8) is 0 Å². The summed E-state index contributed by atoms with van der Waals surface area (Å²) in [5.74, 6) is 0.186. The lowest BCUT2D eigenvalue weighted by Crippen LogP contribution is -1.88. The first-order chi connectivity index (χ1) is 6.09. The maximum absolute atomic E-state index is 13.1. The van der Waals surface area contributed by atoms with E-state index in [2.05, 4.69) is 6.58 Å². The van der Waals surface area contributed by atoms with E-state index in [0.29, 0.717) is 21.4 Å². The number of nitrogen functional groups attached to an aromatic ring is 1. The third kappa shape index (κ3) is 3.28. The quantitative estimate of drug-likeness (QED) is 0.621. The van der Waals surface area contributed by atoms with Crippen LogP contribution in [0.3, 0.4) is 0 Å². The number of hydrogen-bond acceptors (Lipinski definition) is 2. The molecule has 70 valence electrons. The standard InChI is InChI=1S/C9H9ClFNS/c1-6(10)5-13-9-3-2-7(12)4-8(9)11/h2-4H,1,5,12H2. The van der Waals surface area contributed by atoms with Gasteiger partial charge in [0.1, 0.15) is 5.82 Å². The fraction of sp³-hybridized carbons (Fsp3) is 0.111. The molecule has 0 saturated heterocycles. The summed E-state index contributed by atoms with van der Waals surface area (Å²) >= 11 is 6.85. The van der Waals surface area contributed by atoms with Gasteiger partial charge in [-0.25, -0.2) is 4.39 Å². The molecule has 0 atom stereocenters. The van der Waals surface area contributed by atoms with Crippen LogP contribution in [-0.4, -0.2) is 5.75 Å². The molecule has 1 nitrogen and oxygen atoms in total. The Bertz CT molecular complexity index is 327. The van der Waals surface area contributed by atoms with E-state index >= 15 is 0 Å². The first kappa shape index (κ1) is 10.4. The van der Waals surface area contributed by atoms with Crippen molar-refractivity contribution in [1.82, 2.24) is 0 Å². The zero-order valence-electron chi connectivity index (χ0n) is 6.89. The maximum atomic E-state index is 13.1. The van der Waals surface area contributed by atoms with Crippen molar-refractivity contribution in [2.45, 2.75) is 4.90 Å². The molecule has 1 rings (SSSR count). The highest BCUT2D eigenvalue weighted by atomic mass is 35.5.